The van der Waals surface area contributed by atoms with Gasteiger partial charge in [-0.15, -0.1) is 0 Å². The number of rotatable bonds is 13. The van der Waals surface area contributed by atoms with Gasteiger partial charge in [-0.25, -0.2) is 9.59 Å². The number of nitrogens with zero attached hydrogens (tertiary/aromatic N) is 2. The van der Waals surface area contributed by atoms with E-state index >= 15 is 0 Å². The van der Waals surface area contributed by atoms with Gasteiger partial charge >= 0.3 is 11.9 Å². The van der Waals surface area contributed by atoms with Crippen molar-refractivity contribution in [2.75, 3.05) is 13.2 Å². The highest BCUT2D eigenvalue weighted by Gasteiger charge is 2.22. The van der Waals surface area contributed by atoms with Crippen molar-refractivity contribution in [2.45, 2.75) is 60.5 Å². The van der Waals surface area contributed by atoms with Crippen molar-refractivity contribution in [1.29, 1.82) is 0 Å². The Morgan fingerprint density at radius 3 is 1.45 bits per heavy atom. The summed E-state index contributed by atoms with van der Waals surface area (Å²) in [4.78, 5) is 54.3. The van der Waals surface area contributed by atoms with Crippen molar-refractivity contribution in [2.24, 2.45) is 0 Å². The second-order valence-electron chi connectivity index (χ2n) is 15.0. The van der Waals surface area contributed by atoms with Crippen LogP contribution in [0.5, 0.6) is 11.5 Å². The second kappa shape index (κ2) is 18.0. The zero-order valence-corrected chi connectivity index (χ0v) is 35.6. The molecular weight excluding hydrogens is 799 g/mol. The monoisotopic (exact) mass is 842 g/mol. The lowest BCUT2D eigenvalue weighted by atomic mass is 9.96. The average molecular weight is 844 g/mol. The number of aromatic nitrogens is 2. The molecule has 2 heterocycles. The fraction of sp³-hybridized carbons (Fsp3) is 0.224. The van der Waals surface area contributed by atoms with Crippen LogP contribution in [0.25, 0.3) is 21.8 Å². The van der Waals surface area contributed by atoms with Gasteiger partial charge in [-0.1, -0.05) is 77.8 Å². The third-order valence-corrected chi connectivity index (χ3v) is 11.2. The summed E-state index contributed by atoms with van der Waals surface area (Å²) in [6, 6.07) is 31.9. The normalized spacial score (nSPS) is 11.2. The minimum Gasteiger partial charge on any atom is -0.481 e. The molecule has 60 heavy (non-hydrogen) atoms. The molecule has 7 rings (SSSR count). The van der Waals surface area contributed by atoms with E-state index in [4.69, 9.17) is 37.4 Å². The van der Waals surface area contributed by atoms with Crippen molar-refractivity contribution >= 4 is 56.9 Å². The molecule has 0 radical (unpaired) electrons. The van der Waals surface area contributed by atoms with E-state index in [1.54, 1.807) is 45.5 Å². The lowest BCUT2D eigenvalue weighted by Crippen LogP contribution is -2.27. The fourth-order valence-electron chi connectivity index (χ4n) is 7.77. The molecule has 11 heteroatoms. The summed E-state index contributed by atoms with van der Waals surface area (Å²) in [5.41, 5.74) is 8.15. The van der Waals surface area contributed by atoms with Crippen molar-refractivity contribution in [3.05, 3.63) is 184 Å². The lowest BCUT2D eigenvalue weighted by Gasteiger charge is -2.20. The molecule has 7 aromatic rings. The third kappa shape index (κ3) is 9.03. The van der Waals surface area contributed by atoms with E-state index < -0.39 is 25.2 Å². The summed E-state index contributed by atoms with van der Waals surface area (Å²) in [5, 5.41) is 2.56. The summed E-state index contributed by atoms with van der Waals surface area (Å²) in [5.74, 6) is -1.06. The number of fused-ring (bicyclic) bond motifs is 2. The number of carbonyl (C=O) groups excluding carboxylic acids is 2. The summed E-state index contributed by atoms with van der Waals surface area (Å²) < 4.78 is 20.8. The Balaban J connectivity index is 1.13. The number of esters is 2. The standard InChI is InChI=1S/C49H44Cl2N2O7/c1-6-52-40-20-29(2)22-42(46(40)31(4)38(48(52)56)24-33-12-16-36(50)17-13-33)58-27-44(54)60-45(55)28-59-43-23-30(3)21-41-47(43)32(5)39(25-34-14-18-37(51)19-15-34)49(57)53(41)26-35-10-8-7-9-11-35/h7-23H,6,24-28H2,1-5H3. The Morgan fingerprint density at radius 1 is 0.567 bits per heavy atom. The largest absolute Gasteiger partial charge is 0.481 e. The van der Waals surface area contributed by atoms with Crippen LogP contribution in [0.4, 0.5) is 0 Å². The first-order valence-electron chi connectivity index (χ1n) is 19.7. The summed E-state index contributed by atoms with van der Waals surface area (Å²) in [6.45, 7) is 9.02. The predicted molar refractivity (Wildman–Crippen MR) is 237 cm³/mol. The molecule has 9 nitrogen and oxygen atoms in total. The zero-order valence-electron chi connectivity index (χ0n) is 34.1. The van der Waals surface area contributed by atoms with E-state index in [9.17, 15) is 19.2 Å². The van der Waals surface area contributed by atoms with Crippen molar-refractivity contribution in [3.8, 4) is 11.5 Å². The van der Waals surface area contributed by atoms with Gasteiger partial charge in [0.2, 0.25) is 0 Å². The molecule has 0 aliphatic rings. The van der Waals surface area contributed by atoms with Gasteiger partial charge in [-0.3, -0.25) is 9.59 Å². The minimum absolute atomic E-state index is 0.104. The molecule has 0 unspecified atom stereocenters. The van der Waals surface area contributed by atoms with Crippen LogP contribution < -0.4 is 20.6 Å². The van der Waals surface area contributed by atoms with Crippen LogP contribution in [0.1, 0.15) is 57.0 Å². The number of pyridine rings is 2. The average Bonchev–Trinajstić information content (AvgIpc) is 3.22. The molecule has 0 spiro atoms. The maximum Gasteiger partial charge on any atom is 0.351 e. The van der Waals surface area contributed by atoms with E-state index in [-0.39, 0.29) is 11.1 Å². The summed E-state index contributed by atoms with van der Waals surface area (Å²) in [7, 11) is 0. The topological polar surface area (TPSA) is 106 Å². The van der Waals surface area contributed by atoms with Crippen molar-refractivity contribution in [3.63, 3.8) is 0 Å². The van der Waals surface area contributed by atoms with Gasteiger partial charge in [0, 0.05) is 51.3 Å². The van der Waals surface area contributed by atoms with Crippen LogP contribution in [-0.2, 0) is 40.3 Å². The molecule has 0 aliphatic carbocycles. The van der Waals surface area contributed by atoms with Crippen molar-refractivity contribution in [1.82, 2.24) is 9.13 Å². The zero-order chi connectivity index (χ0) is 42.7. The maximum absolute atomic E-state index is 14.3. The Labute approximate surface area is 357 Å². The second-order valence-corrected chi connectivity index (χ2v) is 15.9. The van der Waals surface area contributed by atoms with Crippen LogP contribution in [0.15, 0.2) is 113 Å². The Kier molecular flexibility index (Phi) is 12.6. The molecule has 0 atom stereocenters. The van der Waals surface area contributed by atoms with Gasteiger partial charge in [-0.2, -0.15) is 0 Å². The number of halogens is 2. The maximum atomic E-state index is 14.3. The highest BCUT2D eigenvalue weighted by atomic mass is 35.5. The molecule has 0 amide bonds. The number of carbonyl (C=O) groups is 2. The first kappa shape index (κ1) is 42.0. The molecule has 0 bridgehead atoms. The molecule has 0 fully saturated rings. The Hall–Kier alpha value is -6.16. The van der Waals surface area contributed by atoms with Crippen LogP contribution >= 0.6 is 23.2 Å². The molecule has 2 aromatic heterocycles. The van der Waals surface area contributed by atoms with Gasteiger partial charge in [0.1, 0.15) is 11.5 Å². The number of hydrogen-bond donors (Lipinski definition) is 0. The highest BCUT2D eigenvalue weighted by molar-refractivity contribution is 6.30. The molecule has 0 saturated carbocycles. The smallest absolute Gasteiger partial charge is 0.351 e. The molecule has 5 aromatic carbocycles. The quantitative estimate of drug-likeness (QED) is 0.0841. The number of hydrogen-bond acceptors (Lipinski definition) is 7. The lowest BCUT2D eigenvalue weighted by molar-refractivity contribution is -0.162. The van der Waals surface area contributed by atoms with Gasteiger partial charge in [0.15, 0.2) is 13.2 Å². The van der Waals surface area contributed by atoms with Crippen LogP contribution in [0.2, 0.25) is 10.0 Å². The molecule has 0 aliphatic heterocycles. The minimum atomic E-state index is -0.912. The van der Waals surface area contributed by atoms with E-state index in [0.29, 0.717) is 86.0 Å². The first-order chi connectivity index (χ1) is 28.8. The Bertz CT molecular complexity index is 2880. The molecular formula is C49H44Cl2N2O7. The molecule has 306 valence electrons. The number of ether oxygens (including phenoxy) is 3. The van der Waals surface area contributed by atoms with Crippen LogP contribution in [-0.4, -0.2) is 34.3 Å². The highest BCUT2D eigenvalue weighted by Crippen LogP contribution is 2.34. The SMILES string of the molecule is CCn1c(=O)c(Cc2ccc(Cl)cc2)c(C)c2c(OCC(=O)OC(=O)COc3cc(C)cc4c3c(C)c(Cc3ccc(Cl)cc3)c(=O)n4Cc3ccccc3)cc(C)cc21. The van der Waals surface area contributed by atoms with Gasteiger partial charge in [-0.05, 0) is 122 Å². The predicted octanol–water partition coefficient (Wildman–Crippen LogP) is 9.63. The van der Waals surface area contributed by atoms with Crippen molar-refractivity contribution < 1.29 is 23.8 Å². The van der Waals surface area contributed by atoms with E-state index in [0.717, 1.165) is 33.4 Å². The summed E-state index contributed by atoms with van der Waals surface area (Å²) >= 11 is 12.3. The van der Waals surface area contributed by atoms with Crippen LogP contribution in [0, 0.1) is 27.7 Å². The summed E-state index contributed by atoms with van der Waals surface area (Å²) in [6.07, 6.45) is 0.735. The number of benzene rings is 5. The van der Waals surface area contributed by atoms with E-state index in [1.807, 2.05) is 101 Å². The van der Waals surface area contributed by atoms with Gasteiger partial charge < -0.3 is 23.3 Å². The molecule has 0 N–H and O–H groups in total. The van der Waals surface area contributed by atoms with Gasteiger partial charge in [0.25, 0.3) is 11.1 Å². The molecule has 0 saturated heterocycles. The first-order valence-corrected chi connectivity index (χ1v) is 20.4. The van der Waals surface area contributed by atoms with E-state index in [2.05, 4.69) is 0 Å². The Morgan fingerprint density at radius 2 is 1.00 bits per heavy atom. The van der Waals surface area contributed by atoms with Gasteiger partial charge in [0.05, 0.1) is 17.6 Å². The van der Waals surface area contributed by atoms with E-state index in [1.165, 1.54) is 0 Å². The fourth-order valence-corrected chi connectivity index (χ4v) is 8.02. The number of aryl methyl sites for hydroxylation is 5. The van der Waals surface area contributed by atoms with Crippen LogP contribution in [0.3, 0.4) is 0 Å². The third-order valence-electron chi connectivity index (χ3n) is 10.7.